The molecule has 1 fully saturated rings. The van der Waals surface area contributed by atoms with Crippen molar-refractivity contribution < 1.29 is 9.90 Å². The number of β-amino-alcohol motifs (C(OH)–C–C–N with tert-alkyl or cyclic N) is 1. The molecule has 1 amide bonds. The minimum absolute atomic E-state index is 0.0558. The number of nitrogens with zero attached hydrogens (tertiary/aromatic N) is 1. The fourth-order valence-electron chi connectivity index (χ4n) is 1.68. The number of aliphatic hydroxyl groups is 1. The zero-order chi connectivity index (χ0) is 10.1. The van der Waals surface area contributed by atoms with E-state index in [1.807, 2.05) is 17.7 Å². The van der Waals surface area contributed by atoms with Crippen molar-refractivity contribution in [1.82, 2.24) is 4.90 Å². The molecule has 14 heavy (non-hydrogen) atoms. The van der Waals surface area contributed by atoms with Gasteiger partial charge in [0.05, 0.1) is 11.7 Å². The summed E-state index contributed by atoms with van der Waals surface area (Å²) in [6.45, 7) is 3.10. The minimum atomic E-state index is -0.335. The first-order valence-electron chi connectivity index (χ1n) is 4.68. The van der Waals surface area contributed by atoms with E-state index in [2.05, 4.69) is 0 Å². The summed E-state index contributed by atoms with van der Waals surface area (Å²) in [5.41, 5.74) is 1.81. The van der Waals surface area contributed by atoms with Gasteiger partial charge < -0.3 is 10.0 Å². The van der Waals surface area contributed by atoms with Crippen LogP contribution in [0.15, 0.2) is 10.8 Å². The van der Waals surface area contributed by atoms with E-state index in [4.69, 9.17) is 0 Å². The van der Waals surface area contributed by atoms with Crippen LogP contribution in [0.1, 0.15) is 22.3 Å². The topological polar surface area (TPSA) is 40.5 Å². The Labute approximate surface area is 87.0 Å². The number of likely N-dealkylation sites (tertiary alicyclic amines) is 1. The molecule has 0 saturated carbocycles. The molecule has 0 bridgehead atoms. The molecular weight excluding hydrogens is 198 g/mol. The van der Waals surface area contributed by atoms with Crippen LogP contribution in [0, 0.1) is 6.92 Å². The summed E-state index contributed by atoms with van der Waals surface area (Å²) in [6, 6.07) is 0. The van der Waals surface area contributed by atoms with Gasteiger partial charge in [0, 0.05) is 18.5 Å². The van der Waals surface area contributed by atoms with Crippen LogP contribution < -0.4 is 0 Å². The van der Waals surface area contributed by atoms with Crippen molar-refractivity contribution >= 4 is 17.2 Å². The van der Waals surface area contributed by atoms with Gasteiger partial charge in [0.25, 0.3) is 5.91 Å². The van der Waals surface area contributed by atoms with Crippen LogP contribution in [0.2, 0.25) is 0 Å². The molecule has 1 N–H and O–H groups in total. The van der Waals surface area contributed by atoms with Crippen molar-refractivity contribution in [2.75, 3.05) is 13.1 Å². The first-order valence-corrected chi connectivity index (χ1v) is 5.63. The average Bonchev–Trinajstić information content (AvgIpc) is 2.73. The number of thiophene rings is 1. The fourth-order valence-corrected chi connectivity index (χ4v) is 2.50. The third-order valence-electron chi connectivity index (χ3n) is 2.54. The molecule has 1 aliphatic rings. The molecule has 2 rings (SSSR count). The van der Waals surface area contributed by atoms with Crippen molar-refractivity contribution in [2.24, 2.45) is 0 Å². The normalized spacial score (nSPS) is 21.6. The van der Waals surface area contributed by atoms with Gasteiger partial charge in [-0.25, -0.2) is 0 Å². The van der Waals surface area contributed by atoms with Crippen LogP contribution in [-0.2, 0) is 0 Å². The van der Waals surface area contributed by atoms with Crippen LogP contribution in [0.4, 0.5) is 0 Å². The number of rotatable bonds is 1. The Morgan fingerprint density at radius 1 is 1.64 bits per heavy atom. The minimum Gasteiger partial charge on any atom is -0.391 e. The lowest BCUT2D eigenvalue weighted by Gasteiger charge is -2.14. The molecule has 1 aromatic heterocycles. The van der Waals surface area contributed by atoms with E-state index >= 15 is 0 Å². The average molecular weight is 211 g/mol. The number of hydrogen-bond acceptors (Lipinski definition) is 3. The Hall–Kier alpha value is -0.870. The first-order chi connectivity index (χ1) is 6.68. The van der Waals surface area contributed by atoms with Gasteiger partial charge in [-0.1, -0.05) is 0 Å². The third kappa shape index (κ3) is 1.67. The summed E-state index contributed by atoms with van der Waals surface area (Å²) in [5, 5.41) is 13.2. The van der Waals surface area contributed by atoms with Crippen LogP contribution in [0.3, 0.4) is 0 Å². The second kappa shape index (κ2) is 3.71. The summed E-state index contributed by atoms with van der Waals surface area (Å²) >= 11 is 1.54. The van der Waals surface area contributed by atoms with E-state index < -0.39 is 0 Å². The van der Waals surface area contributed by atoms with E-state index in [1.54, 1.807) is 16.2 Å². The van der Waals surface area contributed by atoms with Crippen molar-refractivity contribution in [1.29, 1.82) is 0 Å². The summed E-state index contributed by atoms with van der Waals surface area (Å²) in [5.74, 6) is 0.0558. The maximum absolute atomic E-state index is 11.9. The molecule has 0 spiro atoms. The smallest absolute Gasteiger partial charge is 0.255 e. The van der Waals surface area contributed by atoms with Gasteiger partial charge in [-0.3, -0.25) is 4.79 Å². The van der Waals surface area contributed by atoms with E-state index in [9.17, 15) is 9.90 Å². The zero-order valence-corrected chi connectivity index (χ0v) is 8.88. The van der Waals surface area contributed by atoms with Crippen LogP contribution >= 0.6 is 11.3 Å². The lowest BCUT2D eigenvalue weighted by atomic mass is 10.2. The van der Waals surface area contributed by atoms with Gasteiger partial charge in [-0.2, -0.15) is 11.3 Å². The lowest BCUT2D eigenvalue weighted by Crippen LogP contribution is -2.29. The quantitative estimate of drug-likeness (QED) is 0.759. The fraction of sp³-hybridized carbons (Fsp3) is 0.500. The van der Waals surface area contributed by atoms with Gasteiger partial charge in [-0.05, 0) is 24.3 Å². The molecule has 0 aliphatic carbocycles. The number of carbonyl (C=O) groups excluding carboxylic acids is 1. The molecule has 1 atom stereocenters. The molecular formula is C10H13NO2S. The highest BCUT2D eigenvalue weighted by molar-refractivity contribution is 7.08. The molecule has 0 radical (unpaired) electrons. The van der Waals surface area contributed by atoms with Crippen LogP contribution in [0.25, 0.3) is 0 Å². The summed E-state index contributed by atoms with van der Waals surface area (Å²) in [6.07, 6.45) is 0.368. The van der Waals surface area contributed by atoms with Crippen LogP contribution in [-0.4, -0.2) is 35.1 Å². The second-order valence-electron chi connectivity index (χ2n) is 3.66. The Balaban J connectivity index is 2.13. The highest BCUT2D eigenvalue weighted by atomic mass is 32.1. The van der Waals surface area contributed by atoms with Gasteiger partial charge in [0.2, 0.25) is 0 Å². The van der Waals surface area contributed by atoms with Gasteiger partial charge >= 0.3 is 0 Å². The molecule has 76 valence electrons. The number of aliphatic hydroxyl groups excluding tert-OH is 1. The van der Waals surface area contributed by atoms with E-state index in [0.717, 1.165) is 11.1 Å². The molecule has 1 aliphatic heterocycles. The summed E-state index contributed by atoms with van der Waals surface area (Å²) in [7, 11) is 0. The van der Waals surface area contributed by atoms with Gasteiger partial charge in [0.1, 0.15) is 0 Å². The predicted molar refractivity (Wildman–Crippen MR) is 55.6 cm³/mol. The third-order valence-corrected chi connectivity index (χ3v) is 3.40. The Bertz CT molecular complexity index is 348. The van der Waals surface area contributed by atoms with E-state index in [0.29, 0.717) is 19.5 Å². The predicted octanol–water partition coefficient (Wildman–Crippen LogP) is 1.26. The van der Waals surface area contributed by atoms with Crippen molar-refractivity contribution in [3.63, 3.8) is 0 Å². The summed E-state index contributed by atoms with van der Waals surface area (Å²) < 4.78 is 0. The number of hydrogen-bond donors (Lipinski definition) is 1. The number of aryl methyl sites for hydroxylation is 1. The lowest BCUT2D eigenvalue weighted by molar-refractivity contribution is 0.0765. The maximum atomic E-state index is 11.9. The molecule has 2 heterocycles. The molecule has 4 heteroatoms. The molecule has 0 aromatic carbocycles. The summed E-state index contributed by atoms with van der Waals surface area (Å²) in [4.78, 5) is 13.6. The second-order valence-corrected chi connectivity index (χ2v) is 4.41. The largest absolute Gasteiger partial charge is 0.391 e. The molecule has 3 nitrogen and oxygen atoms in total. The Kier molecular flexibility index (Phi) is 2.56. The van der Waals surface area contributed by atoms with Gasteiger partial charge in [-0.15, -0.1) is 0 Å². The SMILES string of the molecule is Cc1cscc1C(=O)N1CC[C@H](O)C1. The van der Waals surface area contributed by atoms with Crippen molar-refractivity contribution in [3.8, 4) is 0 Å². The highest BCUT2D eigenvalue weighted by Crippen LogP contribution is 2.19. The van der Waals surface area contributed by atoms with Crippen molar-refractivity contribution in [2.45, 2.75) is 19.4 Å². The monoisotopic (exact) mass is 211 g/mol. The van der Waals surface area contributed by atoms with E-state index in [-0.39, 0.29) is 12.0 Å². The molecule has 1 saturated heterocycles. The first kappa shape index (κ1) is 9.68. The van der Waals surface area contributed by atoms with Gasteiger partial charge in [0.15, 0.2) is 0 Å². The van der Waals surface area contributed by atoms with E-state index in [1.165, 1.54) is 0 Å². The van der Waals surface area contributed by atoms with Crippen molar-refractivity contribution in [3.05, 3.63) is 21.9 Å². The number of carbonyl (C=O) groups is 1. The highest BCUT2D eigenvalue weighted by Gasteiger charge is 2.26. The Morgan fingerprint density at radius 3 is 2.93 bits per heavy atom. The zero-order valence-electron chi connectivity index (χ0n) is 8.06. The molecule has 1 aromatic rings. The molecule has 0 unspecified atom stereocenters. The maximum Gasteiger partial charge on any atom is 0.255 e. The Morgan fingerprint density at radius 2 is 2.43 bits per heavy atom. The number of amides is 1. The van der Waals surface area contributed by atoms with Crippen LogP contribution in [0.5, 0.6) is 0 Å². The standard InChI is InChI=1S/C10H13NO2S/c1-7-5-14-6-9(7)10(13)11-3-2-8(12)4-11/h5-6,8,12H,2-4H2,1H3/t8-/m0/s1.